The molecule has 0 aliphatic carbocycles. The van der Waals surface area contributed by atoms with Crippen molar-refractivity contribution >= 4 is 5.91 Å². The molecule has 0 atom stereocenters. The molecule has 1 aromatic rings. The van der Waals surface area contributed by atoms with Gasteiger partial charge in [0.05, 0.1) is 0 Å². The van der Waals surface area contributed by atoms with Crippen molar-refractivity contribution in [3.63, 3.8) is 0 Å². The van der Waals surface area contributed by atoms with Gasteiger partial charge in [-0.25, -0.2) is 0 Å². The highest BCUT2D eigenvalue weighted by Gasteiger charge is 2.18. The van der Waals surface area contributed by atoms with Gasteiger partial charge in [-0.3, -0.25) is 9.69 Å². The fourth-order valence-electron chi connectivity index (χ4n) is 2.69. The van der Waals surface area contributed by atoms with E-state index in [2.05, 4.69) is 36.1 Å². The predicted octanol–water partition coefficient (Wildman–Crippen LogP) is 1.38. The van der Waals surface area contributed by atoms with Gasteiger partial charge in [0.15, 0.2) is 0 Å². The Hall–Kier alpha value is -1.39. The predicted molar refractivity (Wildman–Crippen MR) is 81.3 cm³/mol. The van der Waals surface area contributed by atoms with E-state index in [0.29, 0.717) is 13.0 Å². The fraction of sp³-hybridized carbons (Fsp3) is 0.562. The SMILES string of the molecule is Cc1ccccc1CN1CCCN(C(=O)CCN)CC1. The summed E-state index contributed by atoms with van der Waals surface area (Å²) in [5.41, 5.74) is 8.19. The summed E-state index contributed by atoms with van der Waals surface area (Å²) in [6.07, 6.45) is 1.51. The Morgan fingerprint density at radius 1 is 1.20 bits per heavy atom. The molecule has 2 rings (SSSR count). The molecule has 0 aromatic heterocycles. The third-order valence-electron chi connectivity index (χ3n) is 3.95. The molecule has 0 spiro atoms. The summed E-state index contributed by atoms with van der Waals surface area (Å²) in [6.45, 7) is 7.28. The molecular weight excluding hydrogens is 250 g/mol. The smallest absolute Gasteiger partial charge is 0.223 e. The molecule has 1 aromatic carbocycles. The van der Waals surface area contributed by atoms with E-state index >= 15 is 0 Å². The maximum Gasteiger partial charge on any atom is 0.223 e. The van der Waals surface area contributed by atoms with E-state index in [4.69, 9.17) is 5.73 Å². The zero-order chi connectivity index (χ0) is 14.4. The van der Waals surface area contributed by atoms with Gasteiger partial charge in [-0.1, -0.05) is 24.3 Å². The van der Waals surface area contributed by atoms with Crippen LogP contribution in [0.4, 0.5) is 0 Å². The third-order valence-corrected chi connectivity index (χ3v) is 3.95. The highest BCUT2D eigenvalue weighted by atomic mass is 16.2. The van der Waals surface area contributed by atoms with Gasteiger partial charge in [-0.05, 0) is 24.5 Å². The van der Waals surface area contributed by atoms with Crippen molar-refractivity contribution in [2.45, 2.75) is 26.3 Å². The summed E-state index contributed by atoms with van der Waals surface area (Å²) in [4.78, 5) is 16.3. The molecule has 0 radical (unpaired) electrons. The van der Waals surface area contributed by atoms with Crippen LogP contribution in [0, 0.1) is 6.92 Å². The van der Waals surface area contributed by atoms with Crippen molar-refractivity contribution in [1.82, 2.24) is 9.80 Å². The van der Waals surface area contributed by atoms with Crippen molar-refractivity contribution in [3.05, 3.63) is 35.4 Å². The Balaban J connectivity index is 1.90. The molecule has 2 N–H and O–H groups in total. The summed E-state index contributed by atoms with van der Waals surface area (Å²) in [5, 5.41) is 0. The molecule has 1 aliphatic heterocycles. The van der Waals surface area contributed by atoms with Crippen LogP contribution in [-0.4, -0.2) is 48.4 Å². The molecular formula is C16H25N3O. The lowest BCUT2D eigenvalue weighted by molar-refractivity contribution is -0.130. The minimum atomic E-state index is 0.199. The maximum absolute atomic E-state index is 11.9. The first-order chi connectivity index (χ1) is 9.70. The van der Waals surface area contributed by atoms with Crippen LogP contribution in [0.15, 0.2) is 24.3 Å². The first kappa shape index (κ1) is 15.0. The topological polar surface area (TPSA) is 49.6 Å². The zero-order valence-corrected chi connectivity index (χ0v) is 12.3. The van der Waals surface area contributed by atoms with E-state index in [0.717, 1.165) is 39.1 Å². The number of carbonyl (C=O) groups is 1. The molecule has 1 aliphatic rings. The number of nitrogens with zero attached hydrogens (tertiary/aromatic N) is 2. The first-order valence-electron chi connectivity index (χ1n) is 7.45. The highest BCUT2D eigenvalue weighted by molar-refractivity contribution is 5.76. The second kappa shape index (κ2) is 7.41. The number of aryl methyl sites for hydroxylation is 1. The molecule has 0 unspecified atom stereocenters. The third kappa shape index (κ3) is 4.05. The average molecular weight is 275 g/mol. The monoisotopic (exact) mass is 275 g/mol. The van der Waals surface area contributed by atoms with Crippen LogP contribution in [0.25, 0.3) is 0 Å². The molecule has 4 heteroatoms. The molecule has 1 fully saturated rings. The molecule has 4 nitrogen and oxygen atoms in total. The van der Waals surface area contributed by atoms with Crippen molar-refractivity contribution in [2.24, 2.45) is 5.73 Å². The number of rotatable bonds is 4. The van der Waals surface area contributed by atoms with Gasteiger partial charge in [-0.15, -0.1) is 0 Å². The largest absolute Gasteiger partial charge is 0.341 e. The average Bonchev–Trinajstić information content (AvgIpc) is 2.67. The van der Waals surface area contributed by atoms with Gasteiger partial charge in [0.1, 0.15) is 0 Å². The lowest BCUT2D eigenvalue weighted by atomic mass is 10.1. The zero-order valence-electron chi connectivity index (χ0n) is 12.3. The highest BCUT2D eigenvalue weighted by Crippen LogP contribution is 2.13. The van der Waals surface area contributed by atoms with Crippen molar-refractivity contribution in [2.75, 3.05) is 32.7 Å². The lowest BCUT2D eigenvalue weighted by Gasteiger charge is -2.22. The Bertz CT molecular complexity index is 447. The quantitative estimate of drug-likeness (QED) is 0.903. The van der Waals surface area contributed by atoms with Gasteiger partial charge in [0.2, 0.25) is 5.91 Å². The number of hydrogen-bond acceptors (Lipinski definition) is 3. The number of carbonyl (C=O) groups excluding carboxylic acids is 1. The van der Waals surface area contributed by atoms with Gasteiger partial charge < -0.3 is 10.6 Å². The number of benzene rings is 1. The number of hydrogen-bond donors (Lipinski definition) is 1. The number of amides is 1. The Kier molecular flexibility index (Phi) is 5.56. The molecule has 0 bridgehead atoms. The Morgan fingerprint density at radius 2 is 2.00 bits per heavy atom. The molecule has 1 saturated heterocycles. The lowest BCUT2D eigenvalue weighted by Crippen LogP contribution is -2.36. The van der Waals surface area contributed by atoms with Crippen molar-refractivity contribution in [1.29, 1.82) is 0 Å². The maximum atomic E-state index is 11.9. The summed E-state index contributed by atoms with van der Waals surface area (Å²) in [5.74, 6) is 0.199. The molecule has 110 valence electrons. The molecule has 0 saturated carbocycles. The number of nitrogens with two attached hydrogens (primary N) is 1. The normalized spacial score (nSPS) is 17.0. The van der Waals surface area contributed by atoms with Crippen LogP contribution in [0.1, 0.15) is 24.0 Å². The second-order valence-corrected chi connectivity index (χ2v) is 5.48. The molecule has 1 amide bonds. The van der Waals surface area contributed by atoms with E-state index in [9.17, 15) is 4.79 Å². The minimum absolute atomic E-state index is 0.199. The van der Waals surface area contributed by atoms with Crippen molar-refractivity contribution in [3.8, 4) is 0 Å². The summed E-state index contributed by atoms with van der Waals surface area (Å²) in [7, 11) is 0. The Labute approximate surface area is 121 Å². The first-order valence-corrected chi connectivity index (χ1v) is 7.45. The van der Waals surface area contributed by atoms with E-state index < -0.39 is 0 Å². The summed E-state index contributed by atoms with van der Waals surface area (Å²) in [6, 6.07) is 8.52. The van der Waals surface area contributed by atoms with Crippen LogP contribution in [0.5, 0.6) is 0 Å². The van der Waals surface area contributed by atoms with Gasteiger partial charge >= 0.3 is 0 Å². The molecule has 1 heterocycles. The fourth-order valence-corrected chi connectivity index (χ4v) is 2.69. The Morgan fingerprint density at radius 3 is 2.75 bits per heavy atom. The van der Waals surface area contributed by atoms with Gasteiger partial charge in [0, 0.05) is 45.7 Å². The van der Waals surface area contributed by atoms with Crippen LogP contribution in [0.3, 0.4) is 0 Å². The van der Waals surface area contributed by atoms with Crippen LogP contribution in [0.2, 0.25) is 0 Å². The van der Waals surface area contributed by atoms with E-state index in [1.165, 1.54) is 11.1 Å². The van der Waals surface area contributed by atoms with Crippen molar-refractivity contribution < 1.29 is 4.79 Å². The van der Waals surface area contributed by atoms with E-state index in [1.807, 2.05) is 4.90 Å². The minimum Gasteiger partial charge on any atom is -0.341 e. The van der Waals surface area contributed by atoms with Gasteiger partial charge in [-0.2, -0.15) is 0 Å². The van der Waals surface area contributed by atoms with Crippen LogP contribution in [-0.2, 0) is 11.3 Å². The molecule has 20 heavy (non-hydrogen) atoms. The van der Waals surface area contributed by atoms with E-state index in [-0.39, 0.29) is 5.91 Å². The summed E-state index contributed by atoms with van der Waals surface area (Å²) < 4.78 is 0. The second-order valence-electron chi connectivity index (χ2n) is 5.48. The van der Waals surface area contributed by atoms with E-state index in [1.54, 1.807) is 0 Å². The van der Waals surface area contributed by atoms with Gasteiger partial charge in [0.25, 0.3) is 0 Å². The van der Waals surface area contributed by atoms with Crippen LogP contribution < -0.4 is 5.73 Å². The summed E-state index contributed by atoms with van der Waals surface area (Å²) >= 11 is 0. The van der Waals surface area contributed by atoms with Crippen LogP contribution >= 0.6 is 0 Å². The standard InChI is InChI=1S/C16H25N3O/c1-14-5-2-3-6-15(14)13-18-9-4-10-19(12-11-18)16(20)7-8-17/h2-3,5-6H,4,7-13,17H2,1H3.